The predicted molar refractivity (Wildman–Crippen MR) is 117 cm³/mol. The highest BCUT2D eigenvalue weighted by molar-refractivity contribution is 7.91. The number of aryl methyl sites for hydroxylation is 1. The first-order valence-corrected chi connectivity index (χ1v) is 12.6. The van der Waals surface area contributed by atoms with Crippen LogP contribution in [0.5, 0.6) is 0 Å². The number of thiophene rings is 1. The maximum absolute atomic E-state index is 13.4. The summed E-state index contributed by atoms with van der Waals surface area (Å²) in [6.07, 6.45) is 1.23. The van der Waals surface area contributed by atoms with Gasteiger partial charge in [-0.25, -0.2) is 17.8 Å². The van der Waals surface area contributed by atoms with Gasteiger partial charge in [-0.1, -0.05) is 12.1 Å². The van der Waals surface area contributed by atoms with Crippen LogP contribution in [0.1, 0.15) is 17.7 Å². The van der Waals surface area contributed by atoms with E-state index in [1.165, 1.54) is 39.1 Å². The van der Waals surface area contributed by atoms with Crippen LogP contribution < -0.4 is 5.32 Å². The topological polar surface area (TPSA) is 79.4 Å². The van der Waals surface area contributed by atoms with Crippen LogP contribution in [0.2, 0.25) is 0 Å². The summed E-state index contributed by atoms with van der Waals surface area (Å²) < 4.78 is 40.9. The van der Waals surface area contributed by atoms with Crippen LogP contribution in [-0.2, 0) is 14.8 Å². The maximum Gasteiger partial charge on any atom is 0.252 e. The summed E-state index contributed by atoms with van der Waals surface area (Å²) >= 11 is 2.49. The van der Waals surface area contributed by atoms with Crippen molar-refractivity contribution < 1.29 is 17.6 Å². The molecule has 1 atom stereocenters. The summed E-state index contributed by atoms with van der Waals surface area (Å²) in [5, 5.41) is 4.95. The second kappa shape index (κ2) is 8.54. The van der Waals surface area contributed by atoms with Gasteiger partial charge in [0.05, 0.1) is 11.6 Å². The summed E-state index contributed by atoms with van der Waals surface area (Å²) in [5.74, 6) is -1.05. The second-order valence-corrected chi connectivity index (χ2v) is 11.4. The number of piperidine rings is 1. The van der Waals surface area contributed by atoms with Crippen molar-refractivity contribution in [2.45, 2.75) is 24.0 Å². The Kier molecular flexibility index (Phi) is 6.01. The number of carbonyl (C=O) groups is 1. The fraction of sp³-hybridized carbons (Fsp3) is 0.300. The number of benzene rings is 1. The number of carbonyl (C=O) groups excluding carboxylic acids is 1. The van der Waals surface area contributed by atoms with Crippen LogP contribution in [0.4, 0.5) is 9.52 Å². The minimum atomic E-state index is -3.59. The Hall–Kier alpha value is -2.14. The summed E-state index contributed by atoms with van der Waals surface area (Å²) in [6.45, 7) is 2.42. The first-order valence-electron chi connectivity index (χ1n) is 9.42. The van der Waals surface area contributed by atoms with Gasteiger partial charge in [-0.2, -0.15) is 4.31 Å². The third-order valence-electron chi connectivity index (χ3n) is 4.92. The van der Waals surface area contributed by atoms with E-state index in [1.807, 2.05) is 6.92 Å². The van der Waals surface area contributed by atoms with E-state index < -0.39 is 15.9 Å². The molecule has 1 fully saturated rings. The van der Waals surface area contributed by atoms with Crippen molar-refractivity contribution >= 4 is 43.7 Å². The third kappa shape index (κ3) is 4.46. The summed E-state index contributed by atoms with van der Waals surface area (Å²) in [6, 6.07) is 9.50. The number of nitrogens with one attached hydrogen (secondary N) is 1. The number of halogens is 1. The molecule has 1 aromatic carbocycles. The number of thiazole rings is 1. The summed E-state index contributed by atoms with van der Waals surface area (Å²) in [5.41, 5.74) is 1.21. The normalized spacial score (nSPS) is 17.7. The van der Waals surface area contributed by atoms with E-state index in [2.05, 4.69) is 10.3 Å². The molecule has 0 saturated carbocycles. The van der Waals surface area contributed by atoms with E-state index in [9.17, 15) is 17.6 Å². The third-order valence-corrected chi connectivity index (χ3v) is 9.01. The number of rotatable bonds is 5. The molecular formula is C20H20FN3O3S3. The molecule has 0 radical (unpaired) electrons. The SMILES string of the molecule is Cc1ccc(S(=O)(=O)N2CCCC(C(=O)Nc3nc(-c4cccc(F)c4)cs3)C2)s1. The summed E-state index contributed by atoms with van der Waals surface area (Å²) in [7, 11) is -3.59. The Morgan fingerprint density at radius 3 is 2.87 bits per heavy atom. The van der Waals surface area contributed by atoms with Crippen molar-refractivity contribution in [1.29, 1.82) is 0 Å². The number of amides is 1. The van der Waals surface area contributed by atoms with E-state index in [0.717, 1.165) is 4.88 Å². The molecule has 1 amide bonds. The quantitative estimate of drug-likeness (QED) is 0.607. The number of sulfonamides is 1. The van der Waals surface area contributed by atoms with Crippen molar-refractivity contribution in [2.75, 3.05) is 18.4 Å². The van der Waals surface area contributed by atoms with Gasteiger partial charge in [0, 0.05) is 28.9 Å². The number of nitrogens with zero attached hydrogens (tertiary/aromatic N) is 2. The zero-order valence-corrected chi connectivity index (χ0v) is 18.6. The molecule has 1 unspecified atom stereocenters. The predicted octanol–water partition coefficient (Wildman–Crippen LogP) is 4.36. The highest BCUT2D eigenvalue weighted by Gasteiger charge is 2.34. The lowest BCUT2D eigenvalue weighted by molar-refractivity contribution is -0.120. The summed E-state index contributed by atoms with van der Waals surface area (Å²) in [4.78, 5) is 18.0. The molecule has 1 aliphatic rings. The number of hydrogen-bond donors (Lipinski definition) is 1. The first-order chi connectivity index (χ1) is 14.3. The number of aromatic nitrogens is 1. The van der Waals surface area contributed by atoms with Crippen molar-refractivity contribution in [3.63, 3.8) is 0 Å². The molecule has 0 aliphatic carbocycles. The Bertz CT molecular complexity index is 1170. The Morgan fingerprint density at radius 1 is 1.30 bits per heavy atom. The van der Waals surface area contributed by atoms with Crippen LogP contribution in [0.15, 0.2) is 46.0 Å². The van der Waals surface area contributed by atoms with Crippen LogP contribution in [0.3, 0.4) is 0 Å². The van der Waals surface area contributed by atoms with Crippen molar-refractivity contribution in [3.8, 4) is 11.3 Å². The van der Waals surface area contributed by atoms with Crippen LogP contribution in [0.25, 0.3) is 11.3 Å². The highest BCUT2D eigenvalue weighted by Crippen LogP contribution is 2.30. The molecule has 1 saturated heterocycles. The Balaban J connectivity index is 1.44. The van der Waals surface area contributed by atoms with Crippen molar-refractivity contribution in [1.82, 2.24) is 9.29 Å². The molecule has 3 aromatic rings. The van der Waals surface area contributed by atoms with Gasteiger partial charge in [0.2, 0.25) is 5.91 Å². The van der Waals surface area contributed by atoms with Crippen LogP contribution >= 0.6 is 22.7 Å². The van der Waals surface area contributed by atoms with Gasteiger partial charge in [-0.15, -0.1) is 22.7 Å². The standard InChI is InChI=1S/C20H20FN3O3S3/c1-13-7-8-18(29-13)30(26,27)24-9-3-5-15(11-24)19(25)23-20-22-17(12-28-20)14-4-2-6-16(21)10-14/h2,4,6-8,10,12,15H,3,5,9,11H2,1H3,(H,22,23,25). The fourth-order valence-corrected chi connectivity index (χ4v) is 7.06. The average molecular weight is 466 g/mol. The molecule has 0 bridgehead atoms. The van der Waals surface area contributed by atoms with Gasteiger partial charge >= 0.3 is 0 Å². The molecule has 3 heterocycles. The monoisotopic (exact) mass is 465 g/mol. The van der Waals surface area contributed by atoms with Crippen LogP contribution in [0, 0.1) is 18.7 Å². The lowest BCUT2D eigenvalue weighted by atomic mass is 9.99. The highest BCUT2D eigenvalue weighted by atomic mass is 32.2. The van der Waals surface area contributed by atoms with Crippen molar-refractivity contribution in [2.24, 2.45) is 5.92 Å². The number of anilines is 1. The largest absolute Gasteiger partial charge is 0.302 e. The molecule has 0 spiro atoms. The van der Waals surface area contributed by atoms with Crippen LogP contribution in [-0.4, -0.2) is 36.7 Å². The van der Waals surface area contributed by atoms with Gasteiger partial charge in [0.25, 0.3) is 10.0 Å². The molecule has 158 valence electrons. The minimum Gasteiger partial charge on any atom is -0.302 e. The Morgan fingerprint density at radius 2 is 2.13 bits per heavy atom. The molecular weight excluding hydrogens is 445 g/mol. The van der Waals surface area contributed by atoms with E-state index in [4.69, 9.17) is 0 Å². The Labute approximate surface area is 182 Å². The zero-order chi connectivity index (χ0) is 21.3. The first kappa shape index (κ1) is 21.1. The molecule has 10 heteroatoms. The molecule has 30 heavy (non-hydrogen) atoms. The van der Waals surface area contributed by atoms with E-state index in [0.29, 0.717) is 40.0 Å². The maximum atomic E-state index is 13.4. The zero-order valence-electron chi connectivity index (χ0n) is 16.2. The molecule has 4 rings (SSSR count). The molecule has 6 nitrogen and oxygen atoms in total. The van der Waals surface area contributed by atoms with Gasteiger partial charge < -0.3 is 5.32 Å². The second-order valence-electron chi connectivity index (χ2n) is 7.10. The molecule has 1 N–H and O–H groups in total. The molecule has 2 aromatic heterocycles. The van der Waals surface area contributed by atoms with Gasteiger partial charge in [0.15, 0.2) is 5.13 Å². The van der Waals surface area contributed by atoms with Gasteiger partial charge in [-0.05, 0) is 44.0 Å². The van der Waals surface area contributed by atoms with Gasteiger partial charge in [-0.3, -0.25) is 4.79 Å². The molecule has 1 aliphatic heterocycles. The van der Waals surface area contributed by atoms with E-state index in [1.54, 1.807) is 29.6 Å². The smallest absolute Gasteiger partial charge is 0.252 e. The number of hydrogen-bond acceptors (Lipinski definition) is 6. The van der Waals surface area contributed by atoms with E-state index >= 15 is 0 Å². The van der Waals surface area contributed by atoms with Gasteiger partial charge in [0.1, 0.15) is 10.0 Å². The fourth-order valence-electron chi connectivity index (χ4n) is 3.37. The minimum absolute atomic E-state index is 0.146. The van der Waals surface area contributed by atoms with E-state index in [-0.39, 0.29) is 18.3 Å². The average Bonchev–Trinajstić information content (AvgIpc) is 3.37. The van der Waals surface area contributed by atoms with Crippen molar-refractivity contribution in [3.05, 3.63) is 52.5 Å². The lowest BCUT2D eigenvalue weighted by Crippen LogP contribution is -2.43. The lowest BCUT2D eigenvalue weighted by Gasteiger charge is -2.30.